The van der Waals surface area contributed by atoms with Gasteiger partial charge in [0, 0.05) is 19.2 Å². The molecule has 2 N–H and O–H groups in total. The fraction of sp³-hybridized carbons (Fsp3) is 0.625. The van der Waals surface area contributed by atoms with Crippen molar-refractivity contribution in [3.05, 3.63) is 35.4 Å². The molecule has 1 aliphatic rings. The van der Waals surface area contributed by atoms with Crippen molar-refractivity contribution in [3.8, 4) is 0 Å². The topological polar surface area (TPSA) is 38.5 Å². The molecule has 1 aromatic rings. The number of hydrogen-bond donors (Lipinski definition) is 1. The quantitative estimate of drug-likeness (QED) is 0.886. The van der Waals surface area contributed by atoms with E-state index in [1.807, 2.05) is 0 Å². The van der Waals surface area contributed by atoms with Crippen LogP contribution in [0.1, 0.15) is 37.4 Å². The van der Waals surface area contributed by atoms with E-state index in [0.29, 0.717) is 24.6 Å². The lowest BCUT2D eigenvalue weighted by Crippen LogP contribution is -2.33. The van der Waals surface area contributed by atoms with Gasteiger partial charge in [0.15, 0.2) is 0 Å². The number of hydrogen-bond acceptors (Lipinski definition) is 3. The van der Waals surface area contributed by atoms with E-state index in [1.54, 1.807) is 7.11 Å². The van der Waals surface area contributed by atoms with Crippen LogP contribution in [0.4, 0.5) is 0 Å². The fourth-order valence-electron chi connectivity index (χ4n) is 3.21. The number of ether oxygens (including phenoxy) is 1. The van der Waals surface area contributed by atoms with Crippen LogP contribution in [-0.4, -0.2) is 31.1 Å². The van der Waals surface area contributed by atoms with Gasteiger partial charge in [0.25, 0.3) is 0 Å². The van der Waals surface area contributed by atoms with E-state index in [-0.39, 0.29) is 0 Å². The van der Waals surface area contributed by atoms with E-state index < -0.39 is 0 Å². The maximum atomic E-state index is 5.97. The lowest BCUT2D eigenvalue weighted by atomic mass is 9.92. The van der Waals surface area contributed by atoms with Crippen LogP contribution in [0, 0.1) is 5.92 Å². The summed E-state index contributed by atoms with van der Waals surface area (Å²) in [5.74, 6) is 0.570. The Morgan fingerprint density at radius 2 is 2.21 bits per heavy atom. The van der Waals surface area contributed by atoms with Crippen LogP contribution >= 0.6 is 0 Å². The van der Waals surface area contributed by atoms with E-state index in [9.17, 15) is 0 Å². The Hall–Kier alpha value is -0.900. The molecule has 3 heteroatoms. The van der Waals surface area contributed by atoms with Gasteiger partial charge in [0.05, 0.1) is 6.61 Å². The van der Waals surface area contributed by atoms with Crippen LogP contribution in [-0.2, 0) is 11.3 Å². The van der Waals surface area contributed by atoms with E-state index in [2.05, 4.69) is 43.0 Å². The minimum atomic E-state index is 0.460. The summed E-state index contributed by atoms with van der Waals surface area (Å²) in [7, 11) is 1.74. The first-order chi connectivity index (χ1) is 9.17. The monoisotopic (exact) mass is 262 g/mol. The SMILES string of the molecule is COCc1cccc(C2C(CN)CCN2C(C)C)c1. The first kappa shape index (κ1) is 14.5. The van der Waals surface area contributed by atoms with Crippen LogP contribution in [0.5, 0.6) is 0 Å². The Balaban J connectivity index is 2.27. The number of rotatable bonds is 5. The summed E-state index contributed by atoms with van der Waals surface area (Å²) in [6.07, 6.45) is 1.20. The number of methoxy groups -OCH3 is 1. The summed E-state index contributed by atoms with van der Waals surface area (Å²) < 4.78 is 5.23. The number of likely N-dealkylation sites (tertiary alicyclic amines) is 1. The van der Waals surface area contributed by atoms with E-state index in [4.69, 9.17) is 10.5 Å². The van der Waals surface area contributed by atoms with Gasteiger partial charge < -0.3 is 10.5 Å². The Morgan fingerprint density at radius 3 is 2.84 bits per heavy atom. The van der Waals surface area contributed by atoms with Crippen LogP contribution < -0.4 is 5.73 Å². The van der Waals surface area contributed by atoms with Gasteiger partial charge in [-0.1, -0.05) is 24.3 Å². The molecule has 106 valence electrons. The maximum Gasteiger partial charge on any atom is 0.0713 e. The van der Waals surface area contributed by atoms with Gasteiger partial charge in [-0.2, -0.15) is 0 Å². The third-order valence-electron chi connectivity index (χ3n) is 4.13. The molecule has 0 spiro atoms. The van der Waals surface area contributed by atoms with Crippen LogP contribution in [0.25, 0.3) is 0 Å². The van der Waals surface area contributed by atoms with Gasteiger partial charge in [-0.15, -0.1) is 0 Å². The zero-order chi connectivity index (χ0) is 13.8. The van der Waals surface area contributed by atoms with E-state index >= 15 is 0 Å². The lowest BCUT2D eigenvalue weighted by Gasteiger charge is -2.31. The second kappa shape index (κ2) is 6.51. The highest BCUT2D eigenvalue weighted by Gasteiger charge is 2.35. The van der Waals surface area contributed by atoms with Crippen molar-refractivity contribution in [1.82, 2.24) is 4.90 Å². The fourth-order valence-corrected chi connectivity index (χ4v) is 3.21. The van der Waals surface area contributed by atoms with Crippen LogP contribution in [0.2, 0.25) is 0 Å². The first-order valence-electron chi connectivity index (χ1n) is 7.21. The Kier molecular flexibility index (Phi) is 4.97. The van der Waals surface area contributed by atoms with Crippen molar-refractivity contribution in [2.45, 2.75) is 39.0 Å². The number of nitrogens with zero attached hydrogens (tertiary/aromatic N) is 1. The van der Waals surface area contributed by atoms with Crippen molar-refractivity contribution in [3.63, 3.8) is 0 Å². The normalized spacial score (nSPS) is 24.3. The van der Waals surface area contributed by atoms with Crippen molar-refractivity contribution >= 4 is 0 Å². The second-order valence-electron chi connectivity index (χ2n) is 5.74. The molecule has 1 aliphatic heterocycles. The molecule has 3 nitrogen and oxygen atoms in total. The van der Waals surface area contributed by atoms with Gasteiger partial charge in [0.1, 0.15) is 0 Å². The second-order valence-corrected chi connectivity index (χ2v) is 5.74. The molecule has 1 heterocycles. The lowest BCUT2D eigenvalue weighted by molar-refractivity contribution is 0.180. The summed E-state index contributed by atoms with van der Waals surface area (Å²) >= 11 is 0. The summed E-state index contributed by atoms with van der Waals surface area (Å²) in [5.41, 5.74) is 8.60. The third-order valence-corrected chi connectivity index (χ3v) is 4.13. The minimum Gasteiger partial charge on any atom is -0.380 e. The highest BCUT2D eigenvalue weighted by Crippen LogP contribution is 2.38. The van der Waals surface area contributed by atoms with Gasteiger partial charge in [0.2, 0.25) is 0 Å². The predicted molar refractivity (Wildman–Crippen MR) is 78.9 cm³/mol. The van der Waals surface area contributed by atoms with E-state index in [1.165, 1.54) is 17.5 Å². The molecule has 1 aromatic carbocycles. The molecular formula is C16H26N2O. The molecule has 2 atom stereocenters. The summed E-state index contributed by atoms with van der Waals surface area (Å²) in [6.45, 7) is 7.13. The van der Waals surface area contributed by atoms with Crippen molar-refractivity contribution in [2.24, 2.45) is 11.7 Å². The van der Waals surface area contributed by atoms with Crippen molar-refractivity contribution in [1.29, 1.82) is 0 Å². The molecule has 1 saturated heterocycles. The van der Waals surface area contributed by atoms with E-state index in [0.717, 1.165) is 13.1 Å². The molecule has 0 amide bonds. The standard InChI is InChI=1S/C16H26N2O/c1-12(2)18-8-7-15(10-17)16(18)14-6-4-5-13(9-14)11-19-3/h4-6,9,12,15-16H,7-8,10-11,17H2,1-3H3. The first-order valence-corrected chi connectivity index (χ1v) is 7.21. The molecule has 19 heavy (non-hydrogen) atoms. The van der Waals surface area contributed by atoms with Gasteiger partial charge in [-0.05, 0) is 50.4 Å². The summed E-state index contributed by atoms with van der Waals surface area (Å²) in [4.78, 5) is 2.57. The average molecular weight is 262 g/mol. The summed E-state index contributed by atoms with van der Waals surface area (Å²) in [5, 5.41) is 0. The highest BCUT2D eigenvalue weighted by atomic mass is 16.5. The van der Waals surface area contributed by atoms with Gasteiger partial charge in [-0.3, -0.25) is 4.90 Å². The molecule has 2 rings (SSSR count). The highest BCUT2D eigenvalue weighted by molar-refractivity contribution is 5.27. The van der Waals surface area contributed by atoms with Crippen LogP contribution in [0.15, 0.2) is 24.3 Å². The molecule has 1 fully saturated rings. The molecule has 0 saturated carbocycles. The molecule has 0 radical (unpaired) electrons. The van der Waals surface area contributed by atoms with Crippen molar-refractivity contribution < 1.29 is 4.74 Å². The Morgan fingerprint density at radius 1 is 1.42 bits per heavy atom. The smallest absolute Gasteiger partial charge is 0.0713 e. The summed E-state index contributed by atoms with van der Waals surface area (Å²) in [6, 6.07) is 9.78. The maximum absolute atomic E-state index is 5.97. The van der Waals surface area contributed by atoms with Gasteiger partial charge >= 0.3 is 0 Å². The molecular weight excluding hydrogens is 236 g/mol. The third kappa shape index (κ3) is 3.16. The Bertz CT molecular complexity index is 405. The molecule has 0 bridgehead atoms. The van der Waals surface area contributed by atoms with Crippen LogP contribution in [0.3, 0.4) is 0 Å². The number of nitrogens with two attached hydrogens (primary N) is 1. The Labute approximate surface area is 116 Å². The average Bonchev–Trinajstić information content (AvgIpc) is 2.83. The molecule has 0 aliphatic carbocycles. The molecule has 0 aromatic heterocycles. The predicted octanol–water partition coefficient (Wildman–Crippen LogP) is 2.56. The van der Waals surface area contributed by atoms with Gasteiger partial charge in [-0.25, -0.2) is 0 Å². The molecule has 2 unspecified atom stereocenters. The minimum absolute atomic E-state index is 0.460. The zero-order valence-corrected chi connectivity index (χ0v) is 12.3. The van der Waals surface area contributed by atoms with Crippen molar-refractivity contribution in [2.75, 3.05) is 20.2 Å². The largest absolute Gasteiger partial charge is 0.380 e. The zero-order valence-electron chi connectivity index (χ0n) is 12.3. The number of benzene rings is 1.